The molecule has 1 fully saturated rings. The van der Waals surface area contributed by atoms with E-state index in [2.05, 4.69) is 4.98 Å². The second kappa shape index (κ2) is 9.36. The van der Waals surface area contributed by atoms with Gasteiger partial charge in [0.1, 0.15) is 5.69 Å². The molecule has 1 aliphatic heterocycles. The van der Waals surface area contributed by atoms with E-state index in [9.17, 15) is 31.1 Å². The molecule has 3 aromatic rings. The third-order valence-electron chi connectivity index (χ3n) is 6.15. The fourth-order valence-electron chi connectivity index (χ4n) is 4.46. The molecule has 3 nitrogen and oxygen atoms in total. The molecule has 184 valence electrons. The lowest BCUT2D eigenvalue weighted by Crippen LogP contribution is -2.36. The van der Waals surface area contributed by atoms with Crippen LogP contribution >= 0.6 is 0 Å². The van der Waals surface area contributed by atoms with Gasteiger partial charge in [0, 0.05) is 18.2 Å². The Kier molecular flexibility index (Phi) is 6.62. The molecule has 1 saturated heterocycles. The number of benzene rings is 2. The number of halogens is 6. The summed E-state index contributed by atoms with van der Waals surface area (Å²) in [6.45, 7) is 1.73. The molecule has 2 aromatic carbocycles. The molecule has 2 heterocycles. The molecule has 0 saturated carbocycles. The Labute approximate surface area is 198 Å². The Morgan fingerprint density at radius 3 is 2.11 bits per heavy atom. The second-order valence-electron chi connectivity index (χ2n) is 8.67. The van der Waals surface area contributed by atoms with E-state index in [0.29, 0.717) is 30.7 Å². The van der Waals surface area contributed by atoms with Crippen molar-refractivity contribution in [1.82, 2.24) is 9.88 Å². The standard InChI is InChI=1S/C26H22F6N2O/c1-16-10-11-23(18-13-19(25(27,28)29)15-20(14-18)26(30,31)32)34(16)24(35)22-9-5-8-21(33-22)12-17-6-3-2-4-7-17/h2-9,13-16,23H,10-12H2,1H3. The molecule has 1 amide bonds. The topological polar surface area (TPSA) is 33.2 Å². The van der Waals surface area contributed by atoms with Crippen molar-refractivity contribution in [3.63, 3.8) is 0 Å². The highest BCUT2D eigenvalue weighted by molar-refractivity contribution is 5.93. The average Bonchev–Trinajstić information content (AvgIpc) is 3.19. The van der Waals surface area contributed by atoms with Crippen LogP contribution in [0.3, 0.4) is 0 Å². The molecule has 0 spiro atoms. The van der Waals surface area contributed by atoms with E-state index < -0.39 is 35.4 Å². The van der Waals surface area contributed by atoms with Gasteiger partial charge in [0.05, 0.1) is 17.2 Å². The molecule has 35 heavy (non-hydrogen) atoms. The van der Waals surface area contributed by atoms with Crippen LogP contribution in [-0.2, 0) is 18.8 Å². The summed E-state index contributed by atoms with van der Waals surface area (Å²) in [5.74, 6) is -0.527. The van der Waals surface area contributed by atoms with Crippen molar-refractivity contribution >= 4 is 5.91 Å². The number of pyridine rings is 1. The average molecular weight is 492 g/mol. The van der Waals surface area contributed by atoms with E-state index in [1.54, 1.807) is 19.1 Å². The van der Waals surface area contributed by atoms with Crippen LogP contribution in [0.25, 0.3) is 0 Å². The van der Waals surface area contributed by atoms with Crippen molar-refractivity contribution in [2.24, 2.45) is 0 Å². The van der Waals surface area contributed by atoms with Crippen molar-refractivity contribution in [3.05, 3.63) is 100 Å². The predicted octanol–water partition coefficient (Wildman–Crippen LogP) is 7.08. The molecular weight excluding hydrogens is 470 g/mol. The van der Waals surface area contributed by atoms with Crippen molar-refractivity contribution in [2.75, 3.05) is 0 Å². The first kappa shape index (κ1) is 24.8. The van der Waals surface area contributed by atoms with Crippen LogP contribution in [0.2, 0.25) is 0 Å². The second-order valence-corrected chi connectivity index (χ2v) is 8.67. The fraction of sp³-hybridized carbons (Fsp3) is 0.308. The quantitative estimate of drug-likeness (QED) is 0.365. The van der Waals surface area contributed by atoms with Crippen LogP contribution in [0.15, 0.2) is 66.7 Å². The fourth-order valence-corrected chi connectivity index (χ4v) is 4.46. The smallest absolute Gasteiger partial charge is 0.328 e. The minimum atomic E-state index is -4.96. The Bertz CT molecular complexity index is 1170. The third kappa shape index (κ3) is 5.49. The van der Waals surface area contributed by atoms with Crippen LogP contribution in [-0.4, -0.2) is 21.8 Å². The van der Waals surface area contributed by atoms with Crippen LogP contribution in [0, 0.1) is 0 Å². The van der Waals surface area contributed by atoms with E-state index >= 15 is 0 Å². The summed E-state index contributed by atoms with van der Waals surface area (Å²) in [6.07, 6.45) is -8.75. The minimum Gasteiger partial charge on any atom is -0.328 e. The number of hydrogen-bond acceptors (Lipinski definition) is 2. The van der Waals surface area contributed by atoms with Gasteiger partial charge in [-0.1, -0.05) is 36.4 Å². The maximum Gasteiger partial charge on any atom is 0.416 e. The van der Waals surface area contributed by atoms with E-state index in [1.807, 2.05) is 30.3 Å². The van der Waals surface area contributed by atoms with Crippen LogP contribution in [0.4, 0.5) is 26.3 Å². The summed E-state index contributed by atoms with van der Waals surface area (Å²) in [5, 5.41) is 0. The molecule has 1 aromatic heterocycles. The number of aromatic nitrogens is 1. The van der Waals surface area contributed by atoms with Gasteiger partial charge in [-0.2, -0.15) is 26.3 Å². The molecule has 9 heteroatoms. The van der Waals surface area contributed by atoms with Gasteiger partial charge in [-0.15, -0.1) is 0 Å². The normalized spacial score (nSPS) is 18.7. The van der Waals surface area contributed by atoms with Gasteiger partial charge >= 0.3 is 12.4 Å². The zero-order valence-corrected chi connectivity index (χ0v) is 18.7. The third-order valence-corrected chi connectivity index (χ3v) is 6.15. The molecule has 4 rings (SSSR count). The van der Waals surface area contributed by atoms with Gasteiger partial charge < -0.3 is 4.90 Å². The summed E-state index contributed by atoms with van der Waals surface area (Å²) in [4.78, 5) is 19.2. The first-order valence-electron chi connectivity index (χ1n) is 11.1. The number of amides is 1. The first-order valence-corrected chi connectivity index (χ1v) is 11.1. The Morgan fingerprint density at radius 1 is 0.886 bits per heavy atom. The highest BCUT2D eigenvalue weighted by Gasteiger charge is 2.41. The summed E-state index contributed by atoms with van der Waals surface area (Å²) in [6, 6.07) is 14.6. The van der Waals surface area contributed by atoms with Gasteiger partial charge in [0.15, 0.2) is 0 Å². The number of likely N-dealkylation sites (tertiary alicyclic amines) is 1. The zero-order chi connectivity index (χ0) is 25.4. The maximum atomic E-state index is 13.4. The van der Waals surface area contributed by atoms with Gasteiger partial charge in [-0.3, -0.25) is 4.79 Å². The largest absolute Gasteiger partial charge is 0.416 e. The number of nitrogens with zero attached hydrogens (tertiary/aromatic N) is 2. The number of carbonyl (C=O) groups excluding carboxylic acids is 1. The monoisotopic (exact) mass is 492 g/mol. The predicted molar refractivity (Wildman–Crippen MR) is 118 cm³/mol. The van der Waals surface area contributed by atoms with Gasteiger partial charge in [0.25, 0.3) is 5.91 Å². The van der Waals surface area contributed by atoms with Crippen molar-refractivity contribution < 1.29 is 31.1 Å². The number of alkyl halides is 6. The van der Waals surface area contributed by atoms with Crippen LogP contribution in [0.1, 0.15) is 64.2 Å². The van der Waals surface area contributed by atoms with Crippen molar-refractivity contribution in [3.8, 4) is 0 Å². The number of rotatable bonds is 4. The van der Waals surface area contributed by atoms with Gasteiger partial charge in [-0.25, -0.2) is 4.98 Å². The van der Waals surface area contributed by atoms with E-state index in [0.717, 1.165) is 5.56 Å². The van der Waals surface area contributed by atoms with E-state index in [1.165, 1.54) is 11.0 Å². The lowest BCUT2D eigenvalue weighted by atomic mass is 9.98. The SMILES string of the molecule is CC1CCC(c2cc(C(F)(F)F)cc(C(F)(F)F)c2)N1C(=O)c1cccc(Cc2ccccc2)n1. The Hall–Kier alpha value is -3.36. The summed E-state index contributed by atoms with van der Waals surface area (Å²) in [7, 11) is 0. The molecular formula is C26H22F6N2O. The molecule has 0 radical (unpaired) electrons. The molecule has 0 N–H and O–H groups in total. The summed E-state index contributed by atoms with van der Waals surface area (Å²) >= 11 is 0. The van der Waals surface area contributed by atoms with Crippen molar-refractivity contribution in [1.29, 1.82) is 0 Å². The first-order chi connectivity index (χ1) is 16.4. The maximum absolute atomic E-state index is 13.4. The zero-order valence-electron chi connectivity index (χ0n) is 18.7. The molecule has 2 atom stereocenters. The van der Waals surface area contributed by atoms with Crippen molar-refractivity contribution in [2.45, 2.75) is 50.6 Å². The highest BCUT2D eigenvalue weighted by Crippen LogP contribution is 2.42. The van der Waals surface area contributed by atoms with Gasteiger partial charge in [-0.05, 0) is 61.2 Å². The number of hydrogen-bond donors (Lipinski definition) is 0. The van der Waals surface area contributed by atoms with E-state index in [4.69, 9.17) is 0 Å². The Balaban J connectivity index is 1.68. The molecule has 0 aliphatic carbocycles. The minimum absolute atomic E-state index is 0.0974. The van der Waals surface area contributed by atoms with E-state index in [-0.39, 0.29) is 29.8 Å². The van der Waals surface area contributed by atoms with Crippen LogP contribution in [0.5, 0.6) is 0 Å². The lowest BCUT2D eigenvalue weighted by molar-refractivity contribution is -0.143. The number of carbonyl (C=O) groups is 1. The molecule has 0 bridgehead atoms. The molecule has 2 unspecified atom stereocenters. The van der Waals surface area contributed by atoms with Crippen LogP contribution < -0.4 is 0 Å². The summed E-state index contributed by atoms with van der Waals surface area (Å²) < 4.78 is 80.3. The summed E-state index contributed by atoms with van der Waals surface area (Å²) in [5.41, 5.74) is -1.26. The highest BCUT2D eigenvalue weighted by atomic mass is 19.4. The molecule has 1 aliphatic rings. The Morgan fingerprint density at radius 2 is 1.51 bits per heavy atom. The lowest BCUT2D eigenvalue weighted by Gasteiger charge is -2.29. The van der Waals surface area contributed by atoms with Gasteiger partial charge in [0.2, 0.25) is 0 Å².